The summed E-state index contributed by atoms with van der Waals surface area (Å²) in [5.74, 6) is 0.109. The fourth-order valence-corrected chi connectivity index (χ4v) is 3.60. The molecule has 0 fully saturated rings. The molecule has 2 aromatic rings. The van der Waals surface area contributed by atoms with Crippen molar-refractivity contribution in [3.8, 4) is 0 Å². The van der Waals surface area contributed by atoms with E-state index >= 15 is 0 Å². The van der Waals surface area contributed by atoms with Crippen molar-refractivity contribution in [1.29, 1.82) is 0 Å². The van der Waals surface area contributed by atoms with Crippen molar-refractivity contribution < 1.29 is 13.2 Å². The SMILES string of the molecule is C=C1CC(c2ccc(C(F)(F)F)cc2C)Cc2c(Cl)cccc21. The second-order valence-corrected chi connectivity index (χ2v) is 6.45. The first-order valence-electron chi connectivity index (χ1n) is 7.40. The summed E-state index contributed by atoms with van der Waals surface area (Å²) in [6, 6.07) is 9.72. The second kappa shape index (κ2) is 5.72. The molecule has 0 saturated carbocycles. The van der Waals surface area contributed by atoms with Gasteiger partial charge in [0.25, 0.3) is 0 Å². The van der Waals surface area contributed by atoms with Gasteiger partial charge in [0.15, 0.2) is 0 Å². The Kier molecular flexibility index (Phi) is 4.01. The van der Waals surface area contributed by atoms with Gasteiger partial charge in [-0.05, 0) is 71.7 Å². The van der Waals surface area contributed by atoms with Crippen LogP contribution in [0, 0.1) is 6.92 Å². The van der Waals surface area contributed by atoms with Crippen LogP contribution >= 0.6 is 11.6 Å². The topological polar surface area (TPSA) is 0 Å². The number of rotatable bonds is 1. The van der Waals surface area contributed by atoms with Crippen molar-refractivity contribution in [2.45, 2.75) is 31.9 Å². The Labute approximate surface area is 138 Å². The first-order valence-corrected chi connectivity index (χ1v) is 7.78. The van der Waals surface area contributed by atoms with Gasteiger partial charge in [0.2, 0.25) is 0 Å². The van der Waals surface area contributed by atoms with Crippen LogP contribution in [-0.2, 0) is 12.6 Å². The minimum Gasteiger partial charge on any atom is -0.166 e. The lowest BCUT2D eigenvalue weighted by Gasteiger charge is -2.29. The number of alkyl halides is 3. The van der Waals surface area contributed by atoms with Crippen LogP contribution in [0.1, 0.15) is 40.2 Å². The zero-order chi connectivity index (χ0) is 16.8. The third kappa shape index (κ3) is 3.02. The lowest BCUT2D eigenvalue weighted by molar-refractivity contribution is -0.137. The smallest absolute Gasteiger partial charge is 0.166 e. The summed E-state index contributed by atoms with van der Waals surface area (Å²) in [5.41, 5.74) is 4.08. The van der Waals surface area contributed by atoms with Crippen LogP contribution < -0.4 is 0 Å². The normalized spacial score (nSPS) is 18.0. The van der Waals surface area contributed by atoms with E-state index < -0.39 is 11.7 Å². The first-order chi connectivity index (χ1) is 10.8. The summed E-state index contributed by atoms with van der Waals surface area (Å²) in [6.07, 6.45) is -2.85. The summed E-state index contributed by atoms with van der Waals surface area (Å²) >= 11 is 6.30. The third-order valence-corrected chi connectivity index (χ3v) is 4.83. The zero-order valence-corrected chi connectivity index (χ0v) is 13.4. The monoisotopic (exact) mass is 336 g/mol. The lowest BCUT2D eigenvalue weighted by atomic mass is 9.76. The van der Waals surface area contributed by atoms with E-state index in [1.807, 2.05) is 18.2 Å². The van der Waals surface area contributed by atoms with Crippen LogP contribution in [0.3, 0.4) is 0 Å². The molecule has 1 atom stereocenters. The van der Waals surface area contributed by atoms with E-state index in [-0.39, 0.29) is 5.92 Å². The fraction of sp³-hybridized carbons (Fsp3) is 0.263. The maximum atomic E-state index is 12.8. The molecule has 1 aliphatic rings. The number of benzene rings is 2. The number of hydrogen-bond acceptors (Lipinski definition) is 0. The minimum absolute atomic E-state index is 0.109. The molecule has 3 rings (SSSR count). The van der Waals surface area contributed by atoms with E-state index in [4.69, 9.17) is 11.6 Å². The Morgan fingerprint density at radius 3 is 2.52 bits per heavy atom. The fourth-order valence-electron chi connectivity index (χ4n) is 3.35. The van der Waals surface area contributed by atoms with Crippen LogP contribution in [0.2, 0.25) is 5.02 Å². The molecule has 0 spiro atoms. The van der Waals surface area contributed by atoms with Crippen molar-refractivity contribution >= 4 is 17.2 Å². The summed E-state index contributed by atoms with van der Waals surface area (Å²) in [4.78, 5) is 0. The Balaban J connectivity index is 1.98. The highest BCUT2D eigenvalue weighted by molar-refractivity contribution is 6.31. The lowest BCUT2D eigenvalue weighted by Crippen LogP contribution is -2.14. The molecule has 0 aliphatic heterocycles. The number of allylic oxidation sites excluding steroid dienone is 1. The van der Waals surface area contributed by atoms with E-state index in [2.05, 4.69) is 6.58 Å². The molecule has 0 N–H and O–H groups in total. The molecule has 0 saturated heterocycles. The maximum absolute atomic E-state index is 12.8. The minimum atomic E-state index is -4.31. The first kappa shape index (κ1) is 16.1. The van der Waals surface area contributed by atoms with E-state index in [9.17, 15) is 13.2 Å². The average Bonchev–Trinajstić information content (AvgIpc) is 2.47. The number of fused-ring (bicyclic) bond motifs is 1. The summed E-state index contributed by atoms with van der Waals surface area (Å²) < 4.78 is 38.5. The van der Waals surface area contributed by atoms with Crippen LogP contribution in [0.4, 0.5) is 13.2 Å². The van der Waals surface area contributed by atoms with E-state index in [1.54, 1.807) is 13.0 Å². The molecule has 1 unspecified atom stereocenters. The molecule has 0 amide bonds. The van der Waals surface area contributed by atoms with Crippen molar-refractivity contribution in [2.24, 2.45) is 0 Å². The Bertz CT molecular complexity index is 775. The molecule has 4 heteroatoms. The van der Waals surface area contributed by atoms with Gasteiger partial charge in [-0.25, -0.2) is 0 Å². The molecule has 0 bridgehead atoms. The molecular formula is C19H16ClF3. The molecule has 0 heterocycles. The molecular weight excluding hydrogens is 321 g/mol. The van der Waals surface area contributed by atoms with Gasteiger partial charge in [0, 0.05) is 5.02 Å². The van der Waals surface area contributed by atoms with Gasteiger partial charge in [-0.3, -0.25) is 0 Å². The van der Waals surface area contributed by atoms with Gasteiger partial charge < -0.3 is 0 Å². The number of aryl methyl sites for hydroxylation is 1. The number of halogens is 4. The Morgan fingerprint density at radius 2 is 1.87 bits per heavy atom. The molecule has 0 aromatic heterocycles. The molecule has 0 nitrogen and oxygen atoms in total. The highest BCUT2D eigenvalue weighted by Crippen LogP contribution is 2.42. The van der Waals surface area contributed by atoms with Gasteiger partial charge in [-0.2, -0.15) is 13.2 Å². The quantitative estimate of drug-likeness (QED) is 0.564. The van der Waals surface area contributed by atoms with Gasteiger partial charge in [0.05, 0.1) is 5.56 Å². The molecule has 2 aromatic carbocycles. The van der Waals surface area contributed by atoms with Gasteiger partial charge in [0.1, 0.15) is 0 Å². The largest absolute Gasteiger partial charge is 0.416 e. The van der Waals surface area contributed by atoms with Crippen molar-refractivity contribution in [3.05, 3.63) is 75.8 Å². The summed E-state index contributed by atoms with van der Waals surface area (Å²) in [6.45, 7) is 5.85. The number of hydrogen-bond donors (Lipinski definition) is 0. The van der Waals surface area contributed by atoms with E-state index in [0.29, 0.717) is 10.6 Å². The summed E-state index contributed by atoms with van der Waals surface area (Å²) in [5, 5.41) is 0.693. The highest BCUT2D eigenvalue weighted by atomic mass is 35.5. The van der Waals surface area contributed by atoms with Crippen molar-refractivity contribution in [3.63, 3.8) is 0 Å². The van der Waals surface area contributed by atoms with Crippen LogP contribution in [0.15, 0.2) is 43.0 Å². The standard InChI is InChI=1S/C19H16ClF3/c1-11-8-13(10-17-16(11)4-3-5-18(17)20)15-7-6-14(9-12(15)2)19(21,22)23/h3-7,9,13H,1,8,10H2,2H3. The van der Waals surface area contributed by atoms with Crippen molar-refractivity contribution in [1.82, 2.24) is 0 Å². The Hall–Kier alpha value is -1.74. The third-order valence-electron chi connectivity index (χ3n) is 4.48. The Morgan fingerprint density at radius 1 is 1.13 bits per heavy atom. The molecule has 23 heavy (non-hydrogen) atoms. The van der Waals surface area contributed by atoms with Crippen LogP contribution in [-0.4, -0.2) is 0 Å². The van der Waals surface area contributed by atoms with E-state index in [0.717, 1.165) is 41.2 Å². The van der Waals surface area contributed by atoms with Gasteiger partial charge in [-0.15, -0.1) is 0 Å². The van der Waals surface area contributed by atoms with E-state index in [1.165, 1.54) is 6.07 Å². The van der Waals surface area contributed by atoms with Gasteiger partial charge >= 0.3 is 6.18 Å². The van der Waals surface area contributed by atoms with Crippen molar-refractivity contribution in [2.75, 3.05) is 0 Å². The molecule has 1 aliphatic carbocycles. The van der Waals surface area contributed by atoms with Gasteiger partial charge in [-0.1, -0.05) is 36.4 Å². The average molecular weight is 337 g/mol. The predicted molar refractivity (Wildman–Crippen MR) is 87.7 cm³/mol. The molecule has 120 valence electrons. The molecule has 0 radical (unpaired) electrons. The zero-order valence-electron chi connectivity index (χ0n) is 12.7. The van der Waals surface area contributed by atoms with Crippen LogP contribution in [0.5, 0.6) is 0 Å². The predicted octanol–water partition coefficient (Wildman–Crippen LogP) is 6.41. The maximum Gasteiger partial charge on any atom is 0.416 e. The second-order valence-electron chi connectivity index (χ2n) is 6.04. The highest BCUT2D eigenvalue weighted by Gasteiger charge is 2.32. The van der Waals surface area contributed by atoms with Crippen LogP contribution in [0.25, 0.3) is 5.57 Å². The summed E-state index contributed by atoms with van der Waals surface area (Å²) in [7, 11) is 0.